The number of benzene rings is 3. The van der Waals surface area contributed by atoms with Crippen molar-refractivity contribution in [1.82, 2.24) is 30.0 Å². The van der Waals surface area contributed by atoms with Crippen molar-refractivity contribution < 1.29 is 19.0 Å². The summed E-state index contributed by atoms with van der Waals surface area (Å²) < 4.78 is 18.9. The van der Waals surface area contributed by atoms with Crippen LogP contribution in [0.2, 0.25) is 0 Å². The van der Waals surface area contributed by atoms with E-state index in [1.807, 2.05) is 75.5 Å². The predicted molar refractivity (Wildman–Crippen MR) is 178 cm³/mol. The van der Waals surface area contributed by atoms with Gasteiger partial charge in [0.2, 0.25) is 0 Å². The minimum absolute atomic E-state index is 0.444. The third-order valence-corrected chi connectivity index (χ3v) is 8.00. The highest BCUT2D eigenvalue weighted by Crippen LogP contribution is 2.28. The summed E-state index contributed by atoms with van der Waals surface area (Å²) in [6, 6.07) is 21.7. The molecule has 6 rings (SSSR count). The molecule has 0 saturated heterocycles. The van der Waals surface area contributed by atoms with Gasteiger partial charge in [-0.1, -0.05) is 36.4 Å². The fourth-order valence-electron chi connectivity index (χ4n) is 5.87. The number of amides is 1. The van der Waals surface area contributed by atoms with Crippen molar-refractivity contribution >= 4 is 27.9 Å². The van der Waals surface area contributed by atoms with Crippen molar-refractivity contribution in [3.63, 3.8) is 0 Å². The molecule has 6 aromatic rings. The van der Waals surface area contributed by atoms with E-state index in [-0.39, 0.29) is 0 Å². The van der Waals surface area contributed by atoms with Crippen molar-refractivity contribution in [2.45, 2.75) is 58.2 Å². The first-order valence-corrected chi connectivity index (χ1v) is 15.4. The summed E-state index contributed by atoms with van der Waals surface area (Å²) in [6.07, 6.45) is 5.41. The summed E-state index contributed by atoms with van der Waals surface area (Å²) in [5, 5.41) is 14.8. The van der Waals surface area contributed by atoms with E-state index in [1.54, 1.807) is 14.2 Å². The number of nitrogens with one attached hydrogen (secondary N) is 3. The van der Waals surface area contributed by atoms with Gasteiger partial charge in [-0.25, -0.2) is 4.79 Å². The predicted octanol–water partition coefficient (Wildman–Crippen LogP) is 6.90. The molecule has 3 aromatic carbocycles. The van der Waals surface area contributed by atoms with E-state index in [1.165, 1.54) is 10.9 Å². The summed E-state index contributed by atoms with van der Waals surface area (Å²) in [5.41, 5.74) is 4.67. The Kier molecular flexibility index (Phi) is 8.70. The number of fused-ring (bicyclic) bond motifs is 2. The highest BCUT2D eigenvalue weighted by atomic mass is 16.6. The number of methoxy groups -OCH3 is 2. The molecule has 0 aliphatic carbocycles. The molecule has 0 saturated carbocycles. The molecule has 0 aliphatic heterocycles. The molecule has 3 heterocycles. The van der Waals surface area contributed by atoms with Crippen molar-refractivity contribution in [3.05, 3.63) is 107 Å². The number of alkyl carbamates (subject to hydrolysis) is 1. The molecule has 0 radical (unpaired) electrons. The second kappa shape index (κ2) is 13.0. The number of rotatable bonds is 11. The Hall–Kier alpha value is -5.25. The Morgan fingerprint density at radius 3 is 2.09 bits per heavy atom. The van der Waals surface area contributed by atoms with Crippen LogP contribution in [-0.4, -0.2) is 50.6 Å². The molecule has 0 fully saturated rings. The van der Waals surface area contributed by atoms with Crippen LogP contribution < -0.4 is 14.8 Å². The zero-order chi connectivity index (χ0) is 32.3. The minimum atomic E-state index is -0.662. The topological polar surface area (TPSA) is 119 Å². The van der Waals surface area contributed by atoms with Crippen molar-refractivity contribution in [3.8, 4) is 11.5 Å². The fraction of sp³-hybridized carbons (Fsp3) is 0.306. The lowest BCUT2D eigenvalue weighted by molar-refractivity contribution is 0.0500. The van der Waals surface area contributed by atoms with Crippen LogP contribution in [-0.2, 0) is 30.5 Å². The van der Waals surface area contributed by atoms with Gasteiger partial charge in [0.15, 0.2) is 5.82 Å². The smallest absolute Gasteiger partial charge is 0.408 e. The first kappa shape index (κ1) is 30.8. The molecule has 0 unspecified atom stereocenters. The summed E-state index contributed by atoms with van der Waals surface area (Å²) in [4.78, 5) is 20.0. The molecule has 0 aliphatic rings. The number of ether oxygens (including phenoxy) is 3. The number of nitrogens with zero attached hydrogens (tertiary/aromatic N) is 3. The van der Waals surface area contributed by atoms with Gasteiger partial charge in [-0.2, -0.15) is 0 Å². The molecular formula is C36H40N6O4. The summed E-state index contributed by atoms with van der Waals surface area (Å²) in [5.74, 6) is 2.81. The highest BCUT2D eigenvalue weighted by molar-refractivity contribution is 5.84. The van der Waals surface area contributed by atoms with E-state index in [0.717, 1.165) is 39.8 Å². The van der Waals surface area contributed by atoms with Crippen LogP contribution in [0.5, 0.6) is 11.5 Å². The summed E-state index contributed by atoms with van der Waals surface area (Å²) >= 11 is 0. The average molecular weight is 621 g/mol. The number of carbonyl (C=O) groups excluding carboxylic acids is 1. The average Bonchev–Trinajstić information content (AvgIpc) is 3.76. The van der Waals surface area contributed by atoms with Crippen LogP contribution in [0.15, 0.2) is 79.1 Å². The molecule has 46 heavy (non-hydrogen) atoms. The van der Waals surface area contributed by atoms with Crippen molar-refractivity contribution in [2.24, 2.45) is 0 Å². The Bertz CT molecular complexity index is 1940. The number of aryl methyl sites for hydroxylation is 2. The van der Waals surface area contributed by atoms with E-state index < -0.39 is 17.7 Å². The maximum Gasteiger partial charge on any atom is 0.408 e. The zero-order valence-electron chi connectivity index (χ0n) is 26.9. The highest BCUT2D eigenvalue weighted by Gasteiger charge is 2.27. The number of hydrogen-bond donors (Lipinski definition) is 3. The molecule has 3 aromatic heterocycles. The van der Waals surface area contributed by atoms with E-state index >= 15 is 0 Å². The minimum Gasteiger partial charge on any atom is -0.497 e. The number of aromatic amines is 2. The van der Waals surface area contributed by atoms with Gasteiger partial charge in [-0.05, 0) is 68.1 Å². The molecule has 1 amide bonds. The maximum absolute atomic E-state index is 13.2. The van der Waals surface area contributed by atoms with Crippen molar-refractivity contribution in [1.29, 1.82) is 0 Å². The molecule has 238 valence electrons. The number of carbonyl (C=O) groups is 1. The summed E-state index contributed by atoms with van der Waals surface area (Å²) in [7, 11) is 3.27. The van der Waals surface area contributed by atoms with Crippen LogP contribution in [0.1, 0.15) is 55.2 Å². The van der Waals surface area contributed by atoms with Crippen LogP contribution in [0.4, 0.5) is 4.79 Å². The van der Waals surface area contributed by atoms with Gasteiger partial charge in [-0.3, -0.25) is 0 Å². The molecule has 0 spiro atoms. The maximum atomic E-state index is 13.2. The van der Waals surface area contributed by atoms with Gasteiger partial charge in [0.25, 0.3) is 0 Å². The van der Waals surface area contributed by atoms with Crippen LogP contribution in [0.3, 0.4) is 0 Å². The van der Waals surface area contributed by atoms with Crippen LogP contribution in [0.25, 0.3) is 21.8 Å². The molecule has 3 N–H and O–H groups in total. The Labute approximate surface area is 268 Å². The largest absolute Gasteiger partial charge is 0.497 e. The lowest BCUT2D eigenvalue weighted by Crippen LogP contribution is -2.37. The standard InChI is InChI=1S/C36H40N6O4/c1-36(2,3)46-35(43)39-32(18-25-21-38-31-13-9-7-11-29(25)31)34-41-40-33(15-14-24-20-37-30-12-8-6-10-28(24)30)42(34)22-23-16-26(44-4)19-27(17-23)45-5/h6-13,16-17,19-21,32,37-38H,14-15,18,22H2,1-5H3,(H,39,43)/t32-/m1/s1. The Morgan fingerprint density at radius 2 is 1.46 bits per heavy atom. The van der Waals surface area contributed by atoms with E-state index in [4.69, 9.17) is 24.4 Å². The quantitative estimate of drug-likeness (QED) is 0.145. The number of para-hydroxylation sites is 2. The van der Waals surface area contributed by atoms with E-state index in [2.05, 4.69) is 44.2 Å². The van der Waals surface area contributed by atoms with Gasteiger partial charge < -0.3 is 34.1 Å². The molecule has 10 nitrogen and oxygen atoms in total. The van der Waals surface area contributed by atoms with Gasteiger partial charge in [0.05, 0.1) is 26.8 Å². The lowest BCUT2D eigenvalue weighted by Gasteiger charge is -2.24. The second-order valence-electron chi connectivity index (χ2n) is 12.4. The van der Waals surface area contributed by atoms with Gasteiger partial charge in [0.1, 0.15) is 22.9 Å². The first-order chi connectivity index (χ1) is 22.2. The molecule has 10 heteroatoms. The van der Waals surface area contributed by atoms with Crippen molar-refractivity contribution in [2.75, 3.05) is 14.2 Å². The SMILES string of the molecule is COc1cc(Cn2c(CCc3c[nH]c4ccccc34)nnc2[C@@H](Cc2c[nH]c3ccccc23)NC(=O)OC(C)(C)C)cc(OC)c1. The molecule has 1 atom stereocenters. The zero-order valence-corrected chi connectivity index (χ0v) is 26.9. The van der Waals surface area contributed by atoms with Gasteiger partial charge >= 0.3 is 6.09 Å². The van der Waals surface area contributed by atoms with Crippen LogP contribution >= 0.6 is 0 Å². The molecule has 0 bridgehead atoms. The Balaban J connectivity index is 1.40. The monoisotopic (exact) mass is 620 g/mol. The lowest BCUT2D eigenvalue weighted by atomic mass is 10.0. The van der Waals surface area contributed by atoms with Crippen LogP contribution in [0, 0.1) is 0 Å². The number of aromatic nitrogens is 5. The number of H-pyrrole nitrogens is 2. The normalized spacial score (nSPS) is 12.4. The van der Waals surface area contributed by atoms with Gasteiger partial charge in [0, 0.05) is 53.1 Å². The second-order valence-corrected chi connectivity index (χ2v) is 12.4. The number of hydrogen-bond acceptors (Lipinski definition) is 6. The van der Waals surface area contributed by atoms with Gasteiger partial charge in [-0.15, -0.1) is 10.2 Å². The molecular weight excluding hydrogens is 580 g/mol. The van der Waals surface area contributed by atoms with E-state index in [0.29, 0.717) is 36.7 Å². The summed E-state index contributed by atoms with van der Waals surface area (Å²) in [6.45, 7) is 5.99. The Morgan fingerprint density at radius 1 is 0.848 bits per heavy atom. The van der Waals surface area contributed by atoms with E-state index in [9.17, 15) is 4.79 Å². The fourth-order valence-corrected chi connectivity index (χ4v) is 5.87. The first-order valence-electron chi connectivity index (χ1n) is 15.4. The third-order valence-electron chi connectivity index (χ3n) is 8.00. The third kappa shape index (κ3) is 6.86.